The molecule has 0 fully saturated rings. The number of rotatable bonds is 4. The monoisotopic (exact) mass is 273 g/mol. The van der Waals surface area contributed by atoms with Gasteiger partial charge in [0.1, 0.15) is 5.41 Å². The minimum Gasteiger partial charge on any atom is -0.465 e. The molecular formula is C17H23NO2. The van der Waals surface area contributed by atoms with E-state index in [4.69, 9.17) is 4.74 Å². The maximum absolute atomic E-state index is 12.7. The van der Waals surface area contributed by atoms with Crippen molar-refractivity contribution in [3.05, 3.63) is 47.7 Å². The minimum atomic E-state index is -0.654. The zero-order valence-corrected chi connectivity index (χ0v) is 12.6. The number of hydrogen-bond donors (Lipinski definition) is 0. The molecule has 1 atom stereocenters. The predicted octanol–water partition coefficient (Wildman–Crippen LogP) is 3.12. The van der Waals surface area contributed by atoms with Crippen LogP contribution in [0.4, 0.5) is 0 Å². The van der Waals surface area contributed by atoms with E-state index >= 15 is 0 Å². The number of nitrogens with zero attached hydrogens (tertiary/aromatic N) is 1. The fourth-order valence-corrected chi connectivity index (χ4v) is 3.07. The normalized spacial score (nSPS) is 22.1. The van der Waals surface area contributed by atoms with E-state index < -0.39 is 5.41 Å². The molecule has 3 nitrogen and oxygen atoms in total. The minimum absolute atomic E-state index is 0.133. The van der Waals surface area contributed by atoms with Crippen LogP contribution < -0.4 is 0 Å². The van der Waals surface area contributed by atoms with Gasteiger partial charge in [-0.25, -0.2) is 0 Å². The standard InChI is InChI=1S/C17H23NO2/c1-4-20-16(19)17(14-10-6-5-7-11-14)13-9-8-12-15(17)18(2)3/h5-7,10-12H,4,8-9,13H2,1-3H3. The summed E-state index contributed by atoms with van der Waals surface area (Å²) in [4.78, 5) is 14.8. The fraction of sp³-hybridized carbons (Fsp3) is 0.471. The van der Waals surface area contributed by atoms with Crippen molar-refractivity contribution in [1.82, 2.24) is 4.90 Å². The van der Waals surface area contributed by atoms with Crippen LogP contribution in [0.25, 0.3) is 0 Å². The van der Waals surface area contributed by atoms with Gasteiger partial charge < -0.3 is 9.64 Å². The number of allylic oxidation sites excluding steroid dienone is 1. The molecule has 0 N–H and O–H groups in total. The van der Waals surface area contributed by atoms with Gasteiger partial charge in [0.25, 0.3) is 0 Å². The van der Waals surface area contributed by atoms with E-state index in [1.165, 1.54) is 0 Å². The molecule has 1 aliphatic rings. The molecule has 0 aliphatic heterocycles. The maximum Gasteiger partial charge on any atom is 0.322 e. The third-order valence-electron chi connectivity index (χ3n) is 3.90. The Kier molecular flexibility index (Phi) is 4.48. The first-order valence-corrected chi connectivity index (χ1v) is 7.23. The molecule has 0 spiro atoms. The third kappa shape index (κ3) is 2.45. The lowest BCUT2D eigenvalue weighted by Gasteiger charge is -2.40. The van der Waals surface area contributed by atoms with Crippen LogP contribution in [-0.2, 0) is 14.9 Å². The lowest BCUT2D eigenvalue weighted by Crippen LogP contribution is -2.45. The predicted molar refractivity (Wildman–Crippen MR) is 80.4 cm³/mol. The number of likely N-dealkylation sites (N-methyl/N-ethyl adjacent to an activating group) is 1. The van der Waals surface area contributed by atoms with E-state index in [9.17, 15) is 4.79 Å². The van der Waals surface area contributed by atoms with Crippen molar-refractivity contribution >= 4 is 5.97 Å². The third-order valence-corrected chi connectivity index (χ3v) is 3.90. The van der Waals surface area contributed by atoms with Crippen LogP contribution in [0.5, 0.6) is 0 Å². The van der Waals surface area contributed by atoms with E-state index in [-0.39, 0.29) is 5.97 Å². The first kappa shape index (κ1) is 14.6. The summed E-state index contributed by atoms with van der Waals surface area (Å²) >= 11 is 0. The van der Waals surface area contributed by atoms with Gasteiger partial charge in [0.15, 0.2) is 0 Å². The van der Waals surface area contributed by atoms with E-state index in [1.54, 1.807) is 0 Å². The molecule has 0 radical (unpaired) electrons. The highest BCUT2D eigenvalue weighted by atomic mass is 16.5. The van der Waals surface area contributed by atoms with E-state index in [2.05, 4.69) is 6.08 Å². The van der Waals surface area contributed by atoms with Crippen LogP contribution in [0, 0.1) is 0 Å². The quantitative estimate of drug-likeness (QED) is 0.789. The van der Waals surface area contributed by atoms with Crippen LogP contribution in [-0.4, -0.2) is 31.6 Å². The zero-order valence-electron chi connectivity index (χ0n) is 12.6. The highest BCUT2D eigenvalue weighted by molar-refractivity contribution is 5.87. The van der Waals surface area contributed by atoms with Crippen LogP contribution in [0.15, 0.2) is 42.1 Å². The van der Waals surface area contributed by atoms with Crippen molar-refractivity contribution in [2.75, 3.05) is 20.7 Å². The summed E-state index contributed by atoms with van der Waals surface area (Å²) in [5, 5.41) is 0. The van der Waals surface area contributed by atoms with Crippen LogP contribution in [0.3, 0.4) is 0 Å². The number of carbonyl (C=O) groups excluding carboxylic acids is 1. The number of benzene rings is 1. The summed E-state index contributed by atoms with van der Waals surface area (Å²) in [6.07, 6.45) is 5.00. The van der Waals surface area contributed by atoms with Gasteiger partial charge in [0.2, 0.25) is 0 Å². The van der Waals surface area contributed by atoms with E-state index in [1.807, 2.05) is 56.3 Å². The molecular weight excluding hydrogens is 250 g/mol. The van der Waals surface area contributed by atoms with Crippen molar-refractivity contribution in [2.24, 2.45) is 0 Å². The maximum atomic E-state index is 12.7. The Morgan fingerprint density at radius 3 is 2.60 bits per heavy atom. The molecule has 0 bridgehead atoms. The lowest BCUT2D eigenvalue weighted by atomic mass is 9.70. The molecule has 1 aromatic carbocycles. The lowest BCUT2D eigenvalue weighted by molar-refractivity contribution is -0.149. The molecule has 1 aromatic rings. The van der Waals surface area contributed by atoms with Crippen LogP contribution in [0.2, 0.25) is 0 Å². The Hall–Kier alpha value is -1.77. The molecule has 2 rings (SSSR count). The molecule has 0 amide bonds. The van der Waals surface area contributed by atoms with Gasteiger partial charge in [-0.1, -0.05) is 36.4 Å². The Morgan fingerprint density at radius 1 is 1.30 bits per heavy atom. The second kappa shape index (κ2) is 6.12. The van der Waals surface area contributed by atoms with Gasteiger partial charge >= 0.3 is 5.97 Å². The molecule has 3 heteroatoms. The molecule has 0 aromatic heterocycles. The first-order chi connectivity index (χ1) is 9.63. The fourth-order valence-electron chi connectivity index (χ4n) is 3.07. The van der Waals surface area contributed by atoms with Crippen molar-refractivity contribution in [1.29, 1.82) is 0 Å². The topological polar surface area (TPSA) is 29.5 Å². The average molecular weight is 273 g/mol. The van der Waals surface area contributed by atoms with Gasteiger partial charge in [0, 0.05) is 19.8 Å². The Balaban J connectivity index is 2.57. The van der Waals surface area contributed by atoms with Crippen molar-refractivity contribution in [3.63, 3.8) is 0 Å². The Labute approximate surface area is 121 Å². The van der Waals surface area contributed by atoms with Gasteiger partial charge in [-0.2, -0.15) is 0 Å². The summed E-state index contributed by atoms with van der Waals surface area (Å²) in [5.74, 6) is -0.133. The smallest absolute Gasteiger partial charge is 0.322 e. The molecule has 0 heterocycles. The molecule has 1 unspecified atom stereocenters. The highest BCUT2D eigenvalue weighted by Gasteiger charge is 2.46. The molecule has 108 valence electrons. The number of hydrogen-bond acceptors (Lipinski definition) is 3. The van der Waals surface area contributed by atoms with Gasteiger partial charge in [-0.05, 0) is 31.7 Å². The summed E-state index contributed by atoms with van der Waals surface area (Å²) in [7, 11) is 3.99. The highest BCUT2D eigenvalue weighted by Crippen LogP contribution is 2.42. The Morgan fingerprint density at radius 2 is 2.00 bits per heavy atom. The second-order valence-electron chi connectivity index (χ2n) is 5.37. The van der Waals surface area contributed by atoms with Gasteiger partial charge in [-0.15, -0.1) is 0 Å². The van der Waals surface area contributed by atoms with Crippen molar-refractivity contribution < 1.29 is 9.53 Å². The molecule has 20 heavy (non-hydrogen) atoms. The molecule has 0 saturated heterocycles. The number of carbonyl (C=O) groups is 1. The Bertz CT molecular complexity index is 493. The second-order valence-corrected chi connectivity index (χ2v) is 5.37. The van der Waals surface area contributed by atoms with Gasteiger partial charge in [0.05, 0.1) is 6.61 Å². The van der Waals surface area contributed by atoms with Crippen molar-refractivity contribution in [2.45, 2.75) is 31.6 Å². The summed E-state index contributed by atoms with van der Waals surface area (Å²) in [6, 6.07) is 10.00. The summed E-state index contributed by atoms with van der Waals surface area (Å²) in [6.45, 7) is 2.27. The first-order valence-electron chi connectivity index (χ1n) is 7.23. The SMILES string of the molecule is CCOC(=O)C1(c2ccccc2)CCCC=C1N(C)C. The van der Waals surface area contributed by atoms with E-state index in [0.717, 1.165) is 30.5 Å². The van der Waals surface area contributed by atoms with Crippen LogP contribution >= 0.6 is 0 Å². The number of ether oxygens (including phenoxy) is 1. The summed E-state index contributed by atoms with van der Waals surface area (Å²) < 4.78 is 5.41. The molecule has 1 aliphatic carbocycles. The number of esters is 1. The average Bonchev–Trinajstić information content (AvgIpc) is 2.48. The molecule has 0 saturated carbocycles. The zero-order chi connectivity index (χ0) is 14.6. The summed E-state index contributed by atoms with van der Waals surface area (Å²) in [5.41, 5.74) is 1.42. The van der Waals surface area contributed by atoms with Crippen molar-refractivity contribution in [3.8, 4) is 0 Å². The largest absolute Gasteiger partial charge is 0.465 e. The van der Waals surface area contributed by atoms with Gasteiger partial charge in [-0.3, -0.25) is 4.79 Å². The van der Waals surface area contributed by atoms with E-state index in [0.29, 0.717) is 6.61 Å². The van der Waals surface area contributed by atoms with Crippen LogP contribution in [0.1, 0.15) is 31.7 Å².